The van der Waals surface area contributed by atoms with E-state index in [-0.39, 0.29) is 99.8 Å². The number of phenolic OH excluding ortho intramolecular Hbond substituents is 1. The Morgan fingerprint density at radius 2 is 1.38 bits per heavy atom. The zero-order valence-electron chi connectivity index (χ0n) is 74.6. The average Bonchev–Trinajstić information content (AvgIpc) is 1.55. The first-order chi connectivity index (χ1) is 60.8. The van der Waals surface area contributed by atoms with Crippen molar-refractivity contribution in [2.45, 2.75) is 241 Å². The van der Waals surface area contributed by atoms with Crippen LogP contribution in [0.2, 0.25) is 0 Å². The number of phenols is 1. The number of nitrogens with zero attached hydrogens (tertiary/aromatic N) is 5. The van der Waals surface area contributed by atoms with Gasteiger partial charge in [-0.1, -0.05) is 104 Å². The number of nitrogens with one attached hydrogen (secondary N) is 13. The second-order valence-corrected chi connectivity index (χ2v) is 35.7. The van der Waals surface area contributed by atoms with Gasteiger partial charge in [0.2, 0.25) is 93.6 Å². The normalized spacial score (nSPS) is 24.0. The van der Waals surface area contributed by atoms with Gasteiger partial charge in [0.15, 0.2) is 6.04 Å². The monoisotopic (exact) mass is 1800 g/mol. The molecule has 128 heavy (non-hydrogen) atoms. The lowest BCUT2D eigenvalue weighted by Crippen LogP contribution is -2.69. The van der Waals surface area contributed by atoms with Crippen LogP contribution in [0.4, 0.5) is 5.69 Å². The summed E-state index contributed by atoms with van der Waals surface area (Å²) in [6.07, 6.45) is 2.25. The molecule has 6 heterocycles. The largest absolute Gasteiger partial charge is 0.508 e. The predicted molar refractivity (Wildman–Crippen MR) is 473 cm³/mol. The maximum absolute atomic E-state index is 16.8. The van der Waals surface area contributed by atoms with Gasteiger partial charge in [0.1, 0.15) is 78.8 Å². The van der Waals surface area contributed by atoms with Crippen LogP contribution in [0.25, 0.3) is 10.9 Å². The third-order valence-electron chi connectivity index (χ3n) is 25.3. The minimum Gasteiger partial charge on any atom is -0.508 e. The second-order valence-electron chi connectivity index (χ2n) is 34.7. The lowest BCUT2D eigenvalue weighted by Gasteiger charge is -2.43. The van der Waals surface area contributed by atoms with Crippen LogP contribution in [0.5, 0.6) is 5.75 Å². The number of fused-ring (bicyclic) bond motifs is 6. The number of hydrogen-bond donors (Lipinski definition) is 17. The summed E-state index contributed by atoms with van der Waals surface area (Å²) in [5, 5.41) is 55.9. The molecule has 4 unspecified atom stereocenters. The molecule has 0 radical (unpaired) electrons. The van der Waals surface area contributed by atoms with Crippen LogP contribution in [0, 0.1) is 11.8 Å². The highest BCUT2D eigenvalue weighted by Crippen LogP contribution is 2.41. The van der Waals surface area contributed by atoms with Crippen molar-refractivity contribution in [3.05, 3.63) is 91.9 Å². The Morgan fingerprint density at radius 3 is 2.05 bits per heavy atom. The Kier molecular flexibility index (Phi) is 35.7. The zero-order chi connectivity index (χ0) is 93.9. The number of likely N-dealkylation sites (N-methyl/N-ethyl adjacent to an activating group) is 4. The number of aromatic amines is 1. The summed E-state index contributed by atoms with van der Waals surface area (Å²) in [4.78, 5) is 273. The molecule has 40 nitrogen and oxygen atoms in total. The van der Waals surface area contributed by atoms with E-state index in [1.54, 1.807) is 65.2 Å². The predicted octanol–water partition coefficient (Wildman–Crippen LogP) is -3.41. The van der Waals surface area contributed by atoms with Crippen molar-refractivity contribution in [1.82, 2.24) is 83.1 Å². The summed E-state index contributed by atoms with van der Waals surface area (Å²) in [6, 6.07) is -7.25. The lowest BCUT2D eigenvalue weighted by atomic mass is 9.88. The zero-order valence-corrected chi connectivity index (χ0v) is 75.4. The number of unbranched alkanes of at least 4 members (excludes halogenated alkanes) is 2. The van der Waals surface area contributed by atoms with Gasteiger partial charge in [-0.15, -0.1) is 11.8 Å². The van der Waals surface area contributed by atoms with Gasteiger partial charge in [-0.05, 0) is 100 Å². The Balaban J connectivity index is 1.07. The van der Waals surface area contributed by atoms with E-state index in [1.165, 1.54) is 57.2 Å². The number of benzene rings is 2. The number of H-pyrrole nitrogens is 1. The third kappa shape index (κ3) is 24.3. The van der Waals surface area contributed by atoms with Crippen LogP contribution in [-0.4, -0.2) is 310 Å². The van der Waals surface area contributed by atoms with Crippen molar-refractivity contribution in [3.8, 4) is 5.75 Å². The van der Waals surface area contributed by atoms with Gasteiger partial charge in [-0.3, -0.25) is 81.5 Å². The van der Waals surface area contributed by atoms with Gasteiger partial charge < -0.3 is 110 Å². The summed E-state index contributed by atoms with van der Waals surface area (Å²) in [5.74, 6) is -17.2. The molecule has 5 aliphatic heterocycles. The van der Waals surface area contributed by atoms with Crippen LogP contribution in [0.15, 0.2) is 64.3 Å². The fraction of sp³-hybridized carbons (Fsp3) is 0.609. The van der Waals surface area contributed by atoms with Crippen LogP contribution in [0.1, 0.15) is 155 Å². The van der Waals surface area contributed by atoms with Gasteiger partial charge in [0.05, 0.1) is 55.1 Å². The van der Waals surface area contributed by atoms with Crippen LogP contribution in [-0.2, 0) is 89.6 Å². The molecule has 3 bridgehead atoms. The van der Waals surface area contributed by atoms with Crippen molar-refractivity contribution in [2.24, 2.45) is 23.3 Å². The topological polar surface area (TPSA) is 573 Å². The van der Waals surface area contributed by atoms with Crippen molar-refractivity contribution >= 4 is 123 Å². The van der Waals surface area contributed by atoms with E-state index in [2.05, 4.69) is 68.8 Å². The number of carbonyl (C=O) groups is 16. The second kappa shape index (κ2) is 45.5. The average molecular weight is 1810 g/mol. The maximum atomic E-state index is 16.8. The number of para-hydroxylation sites is 1. The number of nitrogens with two attached hydrogens (primary N) is 2. The SMILES string of the molecule is CCCC[C@H](NC)C(=O)N(C)[C@@H](CCCC)C(=O)N[C@@H](CC(C)C)C(=O)N[C@@H](CSCC(=O)N[C@@H](Cc1ccc(O)cc1)C(=O)N(C)[C@@H](C)C(=O)[N+]12CC3NCC[C@@H](C(=O)NC)NC(=O)[C@H](Cc4c[nH]c5ccccc45)NC(=O)[C@@H]4C[C@@H](O)CN4C(=O)[C@H](C(C)CC)NC(=O)[C@H](CNc4c(c(=O)c4=O)C3C1)NC(=O)[C@@H]1CCCN1C(=O)[C@@H]2CC(N)=O)C(=O)NCC(N)=O. The number of primary amides is 2. The number of hydrogen-bond acceptors (Lipinski definition) is 24. The number of aliphatic hydroxyl groups excluding tert-OH is 1. The molecule has 3 saturated heterocycles. The van der Waals surface area contributed by atoms with Crippen molar-refractivity contribution in [3.63, 3.8) is 0 Å². The van der Waals surface area contributed by atoms with E-state index in [4.69, 9.17) is 11.5 Å². The number of aromatic hydroxyl groups is 1. The highest BCUT2D eigenvalue weighted by atomic mass is 32.2. The molecule has 3 aromatic carbocycles. The van der Waals surface area contributed by atoms with E-state index in [1.807, 2.05) is 13.8 Å². The highest BCUT2D eigenvalue weighted by Gasteiger charge is 2.62. The number of aromatic nitrogens is 1. The van der Waals surface area contributed by atoms with Crippen LogP contribution < -0.4 is 86.1 Å². The third-order valence-corrected chi connectivity index (χ3v) is 26.3. The number of anilines is 1. The first kappa shape index (κ1) is 100. The number of carbonyl (C=O) groups excluding carboxylic acids is 16. The van der Waals surface area contributed by atoms with Crippen molar-refractivity contribution in [2.75, 3.05) is 90.8 Å². The summed E-state index contributed by atoms with van der Waals surface area (Å²) >= 11 is 0.804. The van der Waals surface area contributed by atoms with E-state index in [0.717, 1.165) is 39.3 Å². The first-order valence-electron chi connectivity index (χ1n) is 44.1. The highest BCUT2D eigenvalue weighted by molar-refractivity contribution is 8.00. The van der Waals surface area contributed by atoms with E-state index in [0.29, 0.717) is 41.3 Å². The standard InChI is InChI=1S/C87H126N20O20S/c1-12-15-21-56(90-8)83(123)104(11)63(23-16-13-2)80(120)98-57(32-45(4)5)77(117)101-62(76(116)95-39-68(89)111)43-128-44-69(112)96-59(33-48-25-27-50(108)28-26-48)84(124)103(10)47(7)87(127)107-41-53-61(42-107)92-30-29-55(75(115)91-9)97-78(118)58(34-49-37-93-54-22-18-17-20-52(49)54)99-82(122)65-35-51(109)40-106(65)86(126)71(46(6)14-3)102-79(119)60(38-94-72-70(53)73(113)74(72)114)100-81(121)64-24-19-31-105(64)85(125)66(107)36-67(88)110/h17-18,20,22,25-28,37,45-47,51,53,55-66,71,90,92-93,109H,12-16,19,21,23-24,29-36,38-44H2,1-11H3,(H14-,88,89,91,94,95,96,97,98,99,100,101,102,108,110,111,112,113,115,116,117,118,119,120,121,122)/p+1/t46?,47-,51+,53?,55-,56-,57-,58-,59-,60-,61?,62-,63-,64-,65-,66-,71-,107?/m0/s1. The summed E-state index contributed by atoms with van der Waals surface area (Å²) in [5.41, 5.74) is 10.3. The molecular formula is C87H127N20O20S+. The van der Waals surface area contributed by atoms with Gasteiger partial charge in [-0.2, -0.15) is 0 Å². The lowest BCUT2D eigenvalue weighted by molar-refractivity contribution is -0.860. The number of rotatable bonds is 35. The van der Waals surface area contributed by atoms with Crippen molar-refractivity contribution < 1.29 is 91.4 Å². The van der Waals surface area contributed by atoms with E-state index < -0.39 is 257 Å². The molecule has 0 aliphatic carbocycles. The van der Waals surface area contributed by atoms with Gasteiger partial charge in [-0.25, -0.2) is 9.28 Å². The Hall–Kier alpha value is -11.4. The molecule has 0 spiro atoms. The molecule has 0 saturated carbocycles. The molecule has 41 heteroatoms. The maximum Gasteiger partial charge on any atom is 0.336 e. The quantitative estimate of drug-likeness (QED) is 0.0158. The molecule has 9 rings (SSSR count). The summed E-state index contributed by atoms with van der Waals surface area (Å²) in [6.45, 7) is 8.78. The molecule has 700 valence electrons. The van der Waals surface area contributed by atoms with Crippen molar-refractivity contribution in [1.29, 1.82) is 0 Å². The Labute approximate surface area is 746 Å². The molecule has 3 fully saturated rings. The molecule has 4 aromatic rings. The summed E-state index contributed by atoms with van der Waals surface area (Å²) < 4.78 is -1.16. The van der Waals surface area contributed by atoms with Gasteiger partial charge in [0, 0.05) is 88.5 Å². The van der Waals surface area contributed by atoms with Crippen LogP contribution in [0.3, 0.4) is 0 Å². The molecule has 5 aliphatic rings. The molecule has 18 atom stereocenters. The van der Waals surface area contributed by atoms with Gasteiger partial charge >= 0.3 is 5.91 Å². The molecule has 16 amide bonds. The fourth-order valence-electron chi connectivity index (χ4n) is 17.8. The first-order valence-corrected chi connectivity index (χ1v) is 45.3. The van der Waals surface area contributed by atoms with Gasteiger partial charge in [0.25, 0.3) is 5.91 Å². The van der Waals surface area contributed by atoms with E-state index >= 15 is 33.6 Å². The molecule has 1 aromatic heterocycles. The number of quaternary nitrogens is 1. The van der Waals surface area contributed by atoms with E-state index in [9.17, 15) is 63.0 Å². The minimum absolute atomic E-state index is 0.0588. The number of amides is 16. The smallest absolute Gasteiger partial charge is 0.336 e. The Morgan fingerprint density at radius 1 is 0.703 bits per heavy atom. The van der Waals surface area contributed by atoms with Crippen LogP contribution >= 0.6 is 11.8 Å². The fourth-order valence-corrected chi connectivity index (χ4v) is 18.7. The molecule has 19 N–H and O–H groups in total. The molecular weight excluding hydrogens is 1680 g/mol. The summed E-state index contributed by atoms with van der Waals surface area (Å²) in [7, 11) is 5.73. The number of aliphatic hydroxyl groups is 1. The minimum atomic E-state index is -1.93. The Bertz CT molecular complexity index is 4810. The number of thioether (sulfide) groups is 1.